The zero-order chi connectivity index (χ0) is 22.6. The van der Waals surface area contributed by atoms with Crippen LogP contribution in [0.5, 0.6) is 0 Å². The SMILES string of the molecule is O=C(OCc1cccc([N+](=O)[O-])c1)c1ccc(NS(=O)(=O)c2ccc(F)c(F)c2)cc1. The van der Waals surface area contributed by atoms with E-state index >= 15 is 0 Å². The van der Waals surface area contributed by atoms with Gasteiger partial charge in [-0.3, -0.25) is 14.8 Å². The minimum absolute atomic E-state index is 0.0833. The molecule has 3 rings (SSSR count). The van der Waals surface area contributed by atoms with Gasteiger partial charge < -0.3 is 4.74 Å². The molecular weight excluding hydrogens is 434 g/mol. The second-order valence-corrected chi connectivity index (χ2v) is 7.94. The lowest BCUT2D eigenvalue weighted by Gasteiger charge is -2.09. The topological polar surface area (TPSA) is 116 Å². The molecule has 31 heavy (non-hydrogen) atoms. The molecule has 0 aromatic heterocycles. The first-order valence-corrected chi connectivity index (χ1v) is 10.1. The molecule has 0 atom stereocenters. The zero-order valence-corrected chi connectivity index (χ0v) is 16.4. The fraction of sp³-hybridized carbons (Fsp3) is 0.0500. The summed E-state index contributed by atoms with van der Waals surface area (Å²) in [5.41, 5.74) is 0.492. The number of anilines is 1. The summed E-state index contributed by atoms with van der Waals surface area (Å²) in [5, 5.41) is 10.8. The second kappa shape index (κ2) is 8.88. The molecule has 0 amide bonds. The van der Waals surface area contributed by atoms with E-state index in [0.29, 0.717) is 17.7 Å². The van der Waals surface area contributed by atoms with Gasteiger partial charge in [-0.25, -0.2) is 22.0 Å². The van der Waals surface area contributed by atoms with Crippen molar-refractivity contribution in [2.75, 3.05) is 4.72 Å². The van der Waals surface area contributed by atoms with Crippen molar-refractivity contribution >= 4 is 27.4 Å². The quantitative estimate of drug-likeness (QED) is 0.331. The highest BCUT2D eigenvalue weighted by Crippen LogP contribution is 2.19. The van der Waals surface area contributed by atoms with Gasteiger partial charge in [0, 0.05) is 17.8 Å². The lowest BCUT2D eigenvalue weighted by atomic mass is 10.2. The van der Waals surface area contributed by atoms with Crippen LogP contribution in [-0.4, -0.2) is 19.3 Å². The number of rotatable bonds is 7. The number of esters is 1. The molecule has 0 saturated carbocycles. The van der Waals surface area contributed by atoms with Crippen molar-refractivity contribution in [1.82, 2.24) is 0 Å². The highest BCUT2D eigenvalue weighted by atomic mass is 32.2. The molecule has 0 fully saturated rings. The molecule has 0 aliphatic rings. The molecule has 0 heterocycles. The third kappa shape index (κ3) is 5.39. The van der Waals surface area contributed by atoms with E-state index in [9.17, 15) is 32.1 Å². The van der Waals surface area contributed by atoms with Gasteiger partial charge in [-0.1, -0.05) is 12.1 Å². The van der Waals surface area contributed by atoms with Gasteiger partial charge in [0.15, 0.2) is 11.6 Å². The largest absolute Gasteiger partial charge is 0.457 e. The number of nitro groups is 1. The van der Waals surface area contributed by atoms with Gasteiger partial charge in [0.05, 0.1) is 15.4 Å². The molecule has 160 valence electrons. The van der Waals surface area contributed by atoms with Crippen LogP contribution >= 0.6 is 0 Å². The van der Waals surface area contributed by atoms with Gasteiger partial charge in [0.1, 0.15) is 6.61 Å². The fourth-order valence-electron chi connectivity index (χ4n) is 2.52. The van der Waals surface area contributed by atoms with Gasteiger partial charge in [-0.05, 0) is 48.0 Å². The van der Waals surface area contributed by atoms with Gasteiger partial charge in [0.2, 0.25) is 0 Å². The molecule has 0 aliphatic heterocycles. The Morgan fingerprint density at radius 1 is 1.00 bits per heavy atom. The minimum Gasteiger partial charge on any atom is -0.457 e. The molecule has 11 heteroatoms. The predicted octanol–water partition coefficient (Wildman–Crippen LogP) is 4.03. The number of carbonyl (C=O) groups excluding carboxylic acids is 1. The number of hydrogen-bond acceptors (Lipinski definition) is 6. The Morgan fingerprint density at radius 3 is 2.35 bits per heavy atom. The summed E-state index contributed by atoms with van der Waals surface area (Å²) in [6, 6.07) is 13.0. The molecule has 0 spiro atoms. The van der Waals surface area contributed by atoms with E-state index in [1.54, 1.807) is 6.07 Å². The number of sulfonamides is 1. The summed E-state index contributed by atoms with van der Waals surface area (Å²) in [5.74, 6) is -3.20. The van der Waals surface area contributed by atoms with Crippen molar-refractivity contribution in [3.8, 4) is 0 Å². The van der Waals surface area contributed by atoms with Crippen LogP contribution in [0.25, 0.3) is 0 Å². The number of carbonyl (C=O) groups is 1. The standard InChI is InChI=1S/C20H14F2N2O6S/c21-18-9-8-17(11-19(18)22)31(28,29)23-15-6-4-14(5-7-15)20(25)30-12-13-2-1-3-16(10-13)24(26)27/h1-11,23H,12H2. The van der Waals surface area contributed by atoms with Crippen LogP contribution in [-0.2, 0) is 21.4 Å². The number of halogens is 2. The molecular formula is C20H14F2N2O6S. The molecule has 3 aromatic carbocycles. The van der Waals surface area contributed by atoms with E-state index < -0.39 is 37.4 Å². The molecule has 0 unspecified atom stereocenters. The predicted molar refractivity (Wildman–Crippen MR) is 106 cm³/mol. The third-order valence-corrected chi connectivity index (χ3v) is 5.44. The second-order valence-electron chi connectivity index (χ2n) is 6.26. The van der Waals surface area contributed by atoms with Crippen LogP contribution in [0, 0.1) is 21.7 Å². The van der Waals surface area contributed by atoms with Gasteiger partial charge in [-0.2, -0.15) is 0 Å². The Balaban J connectivity index is 1.65. The van der Waals surface area contributed by atoms with E-state index in [0.717, 1.165) is 6.07 Å². The maximum atomic E-state index is 13.3. The Kier molecular flexibility index (Phi) is 6.25. The first-order chi connectivity index (χ1) is 14.7. The van der Waals surface area contributed by atoms with Gasteiger partial charge >= 0.3 is 5.97 Å². The first kappa shape index (κ1) is 21.8. The maximum absolute atomic E-state index is 13.3. The van der Waals surface area contributed by atoms with E-state index in [4.69, 9.17) is 4.74 Å². The Morgan fingerprint density at radius 2 is 1.71 bits per heavy atom. The molecule has 1 N–H and O–H groups in total. The molecule has 0 radical (unpaired) electrons. The van der Waals surface area contributed by atoms with Crippen molar-refractivity contribution < 1.29 is 31.7 Å². The highest BCUT2D eigenvalue weighted by molar-refractivity contribution is 7.92. The van der Waals surface area contributed by atoms with Crippen molar-refractivity contribution in [1.29, 1.82) is 0 Å². The molecule has 0 saturated heterocycles. The van der Waals surface area contributed by atoms with Crippen molar-refractivity contribution in [3.63, 3.8) is 0 Å². The monoisotopic (exact) mass is 448 g/mol. The average molecular weight is 448 g/mol. The fourth-order valence-corrected chi connectivity index (χ4v) is 3.59. The molecule has 0 bridgehead atoms. The number of benzene rings is 3. The maximum Gasteiger partial charge on any atom is 0.338 e. The lowest BCUT2D eigenvalue weighted by molar-refractivity contribution is -0.384. The third-order valence-electron chi connectivity index (χ3n) is 4.07. The van der Waals surface area contributed by atoms with E-state index in [-0.39, 0.29) is 23.5 Å². The van der Waals surface area contributed by atoms with E-state index in [2.05, 4.69) is 4.72 Å². The minimum atomic E-state index is -4.17. The number of ether oxygens (including phenoxy) is 1. The smallest absolute Gasteiger partial charge is 0.338 e. The van der Waals surface area contributed by atoms with E-state index in [1.165, 1.54) is 42.5 Å². The van der Waals surface area contributed by atoms with Gasteiger partial charge in [-0.15, -0.1) is 0 Å². The summed E-state index contributed by atoms with van der Waals surface area (Å²) < 4.78 is 58.1. The summed E-state index contributed by atoms with van der Waals surface area (Å²) in [6.07, 6.45) is 0. The number of non-ortho nitro benzene ring substituents is 1. The number of hydrogen-bond donors (Lipinski definition) is 1. The van der Waals surface area contributed by atoms with Crippen molar-refractivity contribution in [3.05, 3.63) is 99.6 Å². The Hall–Kier alpha value is -3.86. The van der Waals surface area contributed by atoms with Crippen molar-refractivity contribution in [2.45, 2.75) is 11.5 Å². The van der Waals surface area contributed by atoms with Crippen LogP contribution in [0.15, 0.2) is 71.6 Å². The molecule has 0 aliphatic carbocycles. The normalized spacial score (nSPS) is 11.0. The molecule has 8 nitrogen and oxygen atoms in total. The van der Waals surface area contributed by atoms with Crippen molar-refractivity contribution in [2.24, 2.45) is 0 Å². The van der Waals surface area contributed by atoms with Crippen LogP contribution in [0.2, 0.25) is 0 Å². The highest BCUT2D eigenvalue weighted by Gasteiger charge is 2.17. The summed E-state index contributed by atoms with van der Waals surface area (Å²) >= 11 is 0. The Bertz CT molecular complexity index is 1250. The van der Waals surface area contributed by atoms with Gasteiger partial charge in [0.25, 0.3) is 15.7 Å². The van der Waals surface area contributed by atoms with Crippen LogP contribution in [0.3, 0.4) is 0 Å². The summed E-state index contributed by atoms with van der Waals surface area (Å²) in [6.45, 7) is -0.189. The van der Waals surface area contributed by atoms with Crippen LogP contribution in [0.1, 0.15) is 15.9 Å². The zero-order valence-electron chi connectivity index (χ0n) is 15.6. The number of nitrogens with one attached hydrogen (secondary N) is 1. The van der Waals surface area contributed by atoms with Crippen LogP contribution < -0.4 is 4.72 Å². The molecule has 3 aromatic rings. The summed E-state index contributed by atoms with van der Waals surface area (Å²) in [7, 11) is -4.17. The average Bonchev–Trinajstić information content (AvgIpc) is 2.74. The summed E-state index contributed by atoms with van der Waals surface area (Å²) in [4.78, 5) is 21.9. The van der Waals surface area contributed by atoms with E-state index in [1.807, 2.05) is 0 Å². The number of nitro benzene ring substituents is 1. The lowest BCUT2D eigenvalue weighted by Crippen LogP contribution is -2.13. The number of nitrogens with zero attached hydrogens (tertiary/aromatic N) is 1. The van der Waals surface area contributed by atoms with Crippen LogP contribution in [0.4, 0.5) is 20.2 Å². The Labute approximate surface area is 175 Å². The first-order valence-electron chi connectivity index (χ1n) is 8.64.